The van der Waals surface area contributed by atoms with E-state index in [4.69, 9.17) is 11.6 Å². The number of rotatable bonds is 5. The summed E-state index contributed by atoms with van der Waals surface area (Å²) < 4.78 is 0. The molecule has 1 aromatic heterocycles. The minimum atomic E-state index is -0.0584. The van der Waals surface area contributed by atoms with E-state index in [0.29, 0.717) is 15.9 Å². The maximum absolute atomic E-state index is 12.2. The molecule has 27 heavy (non-hydrogen) atoms. The van der Waals surface area contributed by atoms with E-state index in [1.165, 1.54) is 28.7 Å². The van der Waals surface area contributed by atoms with Gasteiger partial charge in [0.25, 0.3) is 0 Å². The van der Waals surface area contributed by atoms with Crippen molar-refractivity contribution in [2.24, 2.45) is 0 Å². The molecule has 1 heterocycles. The van der Waals surface area contributed by atoms with Crippen LogP contribution in [0, 0.1) is 0 Å². The van der Waals surface area contributed by atoms with E-state index in [-0.39, 0.29) is 11.3 Å². The Balaban J connectivity index is 1.54. The average Bonchev–Trinajstić information content (AvgIpc) is 3.08. The fourth-order valence-corrected chi connectivity index (χ4v) is 4.00. The fraction of sp³-hybridized carbons (Fsp3) is 0.238. The van der Waals surface area contributed by atoms with Crippen LogP contribution in [0.2, 0.25) is 5.02 Å². The molecule has 0 aliphatic heterocycles. The van der Waals surface area contributed by atoms with Gasteiger partial charge in [0, 0.05) is 20.9 Å². The summed E-state index contributed by atoms with van der Waals surface area (Å²) in [5.74, 6) is 0.293. The van der Waals surface area contributed by atoms with Crippen LogP contribution in [0.1, 0.15) is 26.3 Å². The molecule has 0 spiro atoms. The first-order chi connectivity index (χ1) is 12.8. The lowest BCUT2D eigenvalue weighted by Crippen LogP contribution is -2.14. The van der Waals surface area contributed by atoms with Crippen LogP contribution in [0.3, 0.4) is 0 Å². The molecule has 3 aromatic rings. The number of thioether (sulfide) groups is 1. The van der Waals surface area contributed by atoms with Crippen molar-refractivity contribution in [3.05, 3.63) is 64.5 Å². The van der Waals surface area contributed by atoms with Crippen LogP contribution in [0.15, 0.2) is 58.8 Å². The molecule has 0 atom stereocenters. The fourth-order valence-electron chi connectivity index (χ4n) is 2.44. The molecule has 0 unspecified atom stereocenters. The van der Waals surface area contributed by atoms with Crippen molar-refractivity contribution in [3.63, 3.8) is 0 Å². The Morgan fingerprint density at radius 1 is 1.11 bits per heavy atom. The second-order valence-corrected chi connectivity index (χ2v) is 9.50. The van der Waals surface area contributed by atoms with Crippen LogP contribution in [0.5, 0.6) is 0 Å². The molecule has 3 rings (SSSR count). The van der Waals surface area contributed by atoms with Crippen molar-refractivity contribution in [1.29, 1.82) is 0 Å². The Morgan fingerprint density at radius 2 is 1.78 bits per heavy atom. The summed E-state index contributed by atoms with van der Waals surface area (Å²) >= 11 is 8.85. The average molecular weight is 417 g/mol. The monoisotopic (exact) mass is 416 g/mol. The highest BCUT2D eigenvalue weighted by Crippen LogP contribution is 2.27. The smallest absolute Gasteiger partial charge is 0.236 e. The number of nitrogens with zero attached hydrogens (tertiary/aromatic N) is 1. The number of thiazole rings is 1. The van der Waals surface area contributed by atoms with Gasteiger partial charge in [-0.1, -0.05) is 56.6 Å². The molecule has 6 heteroatoms. The van der Waals surface area contributed by atoms with Crippen LogP contribution >= 0.6 is 34.7 Å². The number of halogens is 1. The molecular formula is C21H21ClN2OS2. The lowest BCUT2D eigenvalue weighted by atomic mass is 9.87. The van der Waals surface area contributed by atoms with E-state index in [9.17, 15) is 4.79 Å². The third kappa shape index (κ3) is 5.58. The Morgan fingerprint density at radius 3 is 2.41 bits per heavy atom. The maximum atomic E-state index is 12.2. The van der Waals surface area contributed by atoms with Crippen molar-refractivity contribution in [1.82, 2.24) is 4.98 Å². The molecule has 0 radical (unpaired) electrons. The maximum Gasteiger partial charge on any atom is 0.236 e. The van der Waals surface area contributed by atoms with Gasteiger partial charge in [0.2, 0.25) is 5.91 Å². The Labute approximate surface area is 173 Å². The quantitative estimate of drug-likeness (QED) is 0.483. The number of aromatic nitrogens is 1. The van der Waals surface area contributed by atoms with Gasteiger partial charge < -0.3 is 5.32 Å². The minimum absolute atomic E-state index is 0.0584. The molecule has 0 saturated heterocycles. The van der Waals surface area contributed by atoms with Gasteiger partial charge in [-0.25, -0.2) is 4.98 Å². The molecule has 0 saturated carbocycles. The largest absolute Gasteiger partial charge is 0.301 e. The van der Waals surface area contributed by atoms with Crippen molar-refractivity contribution < 1.29 is 4.79 Å². The van der Waals surface area contributed by atoms with Gasteiger partial charge in [0.05, 0.1) is 11.4 Å². The highest BCUT2D eigenvalue weighted by molar-refractivity contribution is 8.00. The Kier molecular flexibility index (Phi) is 6.25. The van der Waals surface area contributed by atoms with Crippen LogP contribution in [0.25, 0.3) is 11.3 Å². The van der Waals surface area contributed by atoms with Gasteiger partial charge in [-0.3, -0.25) is 4.79 Å². The number of hydrogen-bond donors (Lipinski definition) is 1. The third-order valence-electron chi connectivity index (χ3n) is 3.98. The molecule has 1 N–H and O–H groups in total. The third-order valence-corrected chi connectivity index (χ3v) is 6.00. The number of hydrogen-bond acceptors (Lipinski definition) is 4. The standard InChI is InChI=1S/C21H21ClN2OS2/c1-21(2,3)15-6-10-17(11-7-15)26-13-19(25)24-20-23-18(12-27-20)14-4-8-16(22)9-5-14/h4-12H,13H2,1-3H3,(H,23,24,25). The second kappa shape index (κ2) is 8.46. The van der Waals surface area contributed by atoms with Gasteiger partial charge >= 0.3 is 0 Å². The van der Waals surface area contributed by atoms with E-state index in [1.807, 2.05) is 29.6 Å². The zero-order valence-electron chi connectivity index (χ0n) is 15.5. The summed E-state index contributed by atoms with van der Waals surface area (Å²) in [5, 5.41) is 6.09. The Bertz CT molecular complexity index is 913. The topological polar surface area (TPSA) is 42.0 Å². The zero-order chi connectivity index (χ0) is 19.4. The molecule has 140 valence electrons. The predicted octanol–water partition coefficient (Wildman–Crippen LogP) is 6.49. The molecule has 0 fully saturated rings. The number of amides is 1. The summed E-state index contributed by atoms with van der Waals surface area (Å²) in [6, 6.07) is 15.9. The summed E-state index contributed by atoms with van der Waals surface area (Å²) in [6.45, 7) is 6.57. The molecule has 3 nitrogen and oxygen atoms in total. The van der Waals surface area contributed by atoms with E-state index in [2.05, 4.69) is 55.3 Å². The van der Waals surface area contributed by atoms with E-state index in [1.54, 1.807) is 0 Å². The second-order valence-electron chi connectivity index (χ2n) is 7.16. The van der Waals surface area contributed by atoms with E-state index < -0.39 is 0 Å². The van der Waals surface area contributed by atoms with Crippen LogP contribution in [0.4, 0.5) is 5.13 Å². The van der Waals surface area contributed by atoms with Gasteiger partial charge in [-0.15, -0.1) is 23.1 Å². The number of nitrogens with one attached hydrogen (secondary N) is 1. The number of carbonyl (C=O) groups is 1. The summed E-state index contributed by atoms with van der Waals surface area (Å²) in [7, 11) is 0. The Hall–Kier alpha value is -1.82. The molecule has 0 aliphatic rings. The van der Waals surface area contributed by atoms with Crippen molar-refractivity contribution in [2.75, 3.05) is 11.1 Å². The molecule has 0 aliphatic carbocycles. The molecule has 0 bridgehead atoms. The van der Waals surface area contributed by atoms with E-state index >= 15 is 0 Å². The number of benzene rings is 2. The molecular weight excluding hydrogens is 396 g/mol. The van der Waals surface area contributed by atoms with Crippen LogP contribution in [-0.4, -0.2) is 16.6 Å². The number of anilines is 1. The molecule has 1 amide bonds. The van der Waals surface area contributed by atoms with Crippen LogP contribution < -0.4 is 5.32 Å². The van der Waals surface area contributed by atoms with Gasteiger partial charge in [0.15, 0.2) is 5.13 Å². The summed E-state index contributed by atoms with van der Waals surface area (Å²) in [6.07, 6.45) is 0. The first-order valence-electron chi connectivity index (χ1n) is 8.56. The summed E-state index contributed by atoms with van der Waals surface area (Å²) in [4.78, 5) is 17.8. The van der Waals surface area contributed by atoms with Gasteiger partial charge in [-0.05, 0) is 35.2 Å². The predicted molar refractivity (Wildman–Crippen MR) is 117 cm³/mol. The first kappa shape index (κ1) is 19.9. The van der Waals surface area contributed by atoms with Crippen molar-refractivity contribution >= 4 is 45.7 Å². The summed E-state index contributed by atoms with van der Waals surface area (Å²) in [5.41, 5.74) is 3.23. The lowest BCUT2D eigenvalue weighted by Gasteiger charge is -2.19. The molecule has 2 aromatic carbocycles. The van der Waals surface area contributed by atoms with E-state index in [0.717, 1.165) is 16.2 Å². The normalized spacial score (nSPS) is 11.4. The van der Waals surface area contributed by atoms with Gasteiger partial charge in [0.1, 0.15) is 0 Å². The highest BCUT2D eigenvalue weighted by atomic mass is 35.5. The zero-order valence-corrected chi connectivity index (χ0v) is 17.8. The van der Waals surface area contributed by atoms with Crippen LogP contribution in [-0.2, 0) is 10.2 Å². The first-order valence-corrected chi connectivity index (χ1v) is 10.8. The van der Waals surface area contributed by atoms with Crippen molar-refractivity contribution in [2.45, 2.75) is 31.1 Å². The van der Waals surface area contributed by atoms with Gasteiger partial charge in [-0.2, -0.15) is 0 Å². The number of carbonyl (C=O) groups excluding carboxylic acids is 1. The highest BCUT2D eigenvalue weighted by Gasteiger charge is 2.13. The SMILES string of the molecule is CC(C)(C)c1ccc(SCC(=O)Nc2nc(-c3ccc(Cl)cc3)cs2)cc1. The lowest BCUT2D eigenvalue weighted by molar-refractivity contribution is -0.113. The minimum Gasteiger partial charge on any atom is -0.301 e. The van der Waals surface area contributed by atoms with Crippen molar-refractivity contribution in [3.8, 4) is 11.3 Å².